The molecule has 0 radical (unpaired) electrons. The maximum absolute atomic E-state index is 13.1. The van der Waals surface area contributed by atoms with Crippen molar-refractivity contribution in [2.45, 2.75) is 31.6 Å². The number of halogens is 3. The van der Waals surface area contributed by atoms with Crippen molar-refractivity contribution in [2.75, 3.05) is 28.2 Å². The first-order valence-corrected chi connectivity index (χ1v) is 9.77. The molecule has 12 heteroatoms. The number of aromatic nitrogens is 2. The lowest BCUT2D eigenvalue weighted by Crippen LogP contribution is -2.49. The average Bonchev–Trinajstić information content (AvgIpc) is 3.17. The number of alkyl halides is 3. The molecule has 4 rings (SSSR count). The standard InChI is InChI=1S/C20H18F3N7O2/c1-11(20(21,22)23)26-18(31)14-2-3-15-17(27-14)30(13-5-7-29(15)10-13)19(32)28-16-8-12(9-24)4-6-25-16/h2-4,6,8,11,13H,5,7,10H2,1H3,(H,26,31)(H,25,28,32)/t11-,13+/m1/s1. The molecule has 0 aromatic carbocycles. The lowest BCUT2D eigenvalue weighted by molar-refractivity contribution is -0.149. The van der Waals surface area contributed by atoms with Crippen LogP contribution in [0.4, 0.5) is 35.3 Å². The fourth-order valence-corrected chi connectivity index (χ4v) is 3.69. The maximum Gasteiger partial charge on any atom is 0.408 e. The number of hydrogen-bond donors (Lipinski definition) is 2. The summed E-state index contributed by atoms with van der Waals surface area (Å²) in [6.07, 6.45) is -2.55. The van der Waals surface area contributed by atoms with Crippen LogP contribution in [0.25, 0.3) is 0 Å². The highest BCUT2D eigenvalue weighted by Gasteiger charge is 2.41. The SMILES string of the molecule is C[C@@H](NC(=O)c1ccc2c(n1)N(C(=O)Nc1cc(C#N)ccn1)[C@H]1CCN2C1)C(F)(F)F. The molecular weight excluding hydrogens is 427 g/mol. The predicted molar refractivity (Wildman–Crippen MR) is 108 cm³/mol. The van der Waals surface area contributed by atoms with E-state index in [0.717, 1.165) is 6.92 Å². The molecular formula is C20H18F3N7O2. The highest BCUT2D eigenvalue weighted by atomic mass is 19.4. The van der Waals surface area contributed by atoms with Crippen LogP contribution in [-0.2, 0) is 0 Å². The number of carbonyl (C=O) groups is 2. The van der Waals surface area contributed by atoms with Gasteiger partial charge in [-0.3, -0.25) is 15.0 Å². The van der Waals surface area contributed by atoms with Gasteiger partial charge in [-0.25, -0.2) is 14.8 Å². The summed E-state index contributed by atoms with van der Waals surface area (Å²) < 4.78 is 38.4. The summed E-state index contributed by atoms with van der Waals surface area (Å²) in [5, 5.41) is 13.5. The second-order valence-corrected chi connectivity index (χ2v) is 7.51. The van der Waals surface area contributed by atoms with Gasteiger partial charge < -0.3 is 10.2 Å². The van der Waals surface area contributed by atoms with E-state index in [4.69, 9.17) is 5.26 Å². The van der Waals surface area contributed by atoms with Gasteiger partial charge in [0.05, 0.1) is 23.4 Å². The Labute approximate surface area is 180 Å². The number of nitrogens with zero attached hydrogens (tertiary/aromatic N) is 5. The molecule has 9 nitrogen and oxygen atoms in total. The number of urea groups is 1. The number of rotatable bonds is 3. The van der Waals surface area contributed by atoms with Gasteiger partial charge in [-0.15, -0.1) is 0 Å². The van der Waals surface area contributed by atoms with E-state index in [1.807, 2.05) is 16.3 Å². The van der Waals surface area contributed by atoms with E-state index in [1.54, 1.807) is 6.07 Å². The number of fused-ring (bicyclic) bond motifs is 4. The minimum absolute atomic E-state index is 0.170. The van der Waals surface area contributed by atoms with Gasteiger partial charge >= 0.3 is 12.2 Å². The highest BCUT2D eigenvalue weighted by molar-refractivity contribution is 6.05. The average molecular weight is 445 g/mol. The molecule has 2 aliphatic rings. The van der Waals surface area contributed by atoms with Crippen molar-refractivity contribution in [3.8, 4) is 6.07 Å². The van der Waals surface area contributed by atoms with Gasteiger partial charge in [0.15, 0.2) is 5.82 Å². The number of anilines is 3. The van der Waals surface area contributed by atoms with Crippen LogP contribution < -0.4 is 20.4 Å². The number of hydrogen-bond acceptors (Lipinski definition) is 6. The molecule has 0 aliphatic carbocycles. The predicted octanol–water partition coefficient (Wildman–Crippen LogP) is 2.66. The van der Waals surface area contributed by atoms with Gasteiger partial charge in [0.25, 0.3) is 5.91 Å². The lowest BCUT2D eigenvalue weighted by atomic mass is 10.1. The number of pyridine rings is 2. The molecule has 4 heterocycles. The van der Waals surface area contributed by atoms with Crippen molar-refractivity contribution < 1.29 is 22.8 Å². The minimum Gasteiger partial charge on any atom is -0.366 e. The Morgan fingerprint density at radius 3 is 2.81 bits per heavy atom. The second-order valence-electron chi connectivity index (χ2n) is 7.51. The van der Waals surface area contributed by atoms with E-state index in [9.17, 15) is 22.8 Å². The van der Waals surface area contributed by atoms with E-state index in [2.05, 4.69) is 15.3 Å². The molecule has 1 saturated heterocycles. The molecule has 3 amide bonds. The first kappa shape index (κ1) is 21.4. The second kappa shape index (κ2) is 7.99. The molecule has 2 atom stereocenters. The third-order valence-electron chi connectivity index (χ3n) is 5.37. The topological polar surface area (TPSA) is 114 Å². The van der Waals surface area contributed by atoms with Crippen LogP contribution in [0, 0.1) is 11.3 Å². The van der Waals surface area contributed by atoms with Crippen LogP contribution in [0.1, 0.15) is 29.4 Å². The lowest BCUT2D eigenvalue weighted by Gasteiger charge is -2.35. The Bertz CT molecular complexity index is 1120. The molecule has 1 fully saturated rings. The van der Waals surface area contributed by atoms with Gasteiger partial charge in [0.1, 0.15) is 17.6 Å². The molecule has 2 aromatic rings. The zero-order chi connectivity index (χ0) is 23.0. The Morgan fingerprint density at radius 1 is 1.31 bits per heavy atom. The van der Waals surface area contributed by atoms with E-state index < -0.39 is 24.2 Å². The molecule has 0 saturated carbocycles. The van der Waals surface area contributed by atoms with Gasteiger partial charge in [0.2, 0.25) is 0 Å². The van der Waals surface area contributed by atoms with Crippen LogP contribution in [-0.4, -0.2) is 53.3 Å². The third-order valence-corrected chi connectivity index (χ3v) is 5.37. The highest BCUT2D eigenvalue weighted by Crippen LogP contribution is 2.39. The zero-order valence-corrected chi connectivity index (χ0v) is 16.8. The van der Waals surface area contributed by atoms with Gasteiger partial charge in [-0.2, -0.15) is 18.4 Å². The largest absolute Gasteiger partial charge is 0.408 e. The summed E-state index contributed by atoms with van der Waals surface area (Å²) in [4.78, 5) is 37.1. The Kier molecular flexibility index (Phi) is 5.33. The fraction of sp³-hybridized carbons (Fsp3) is 0.350. The number of nitrogens with one attached hydrogen (secondary N) is 2. The van der Waals surface area contributed by atoms with Crippen molar-refractivity contribution in [3.05, 3.63) is 41.7 Å². The Balaban J connectivity index is 1.63. The van der Waals surface area contributed by atoms with Crippen LogP contribution in [0.5, 0.6) is 0 Å². The molecule has 2 aliphatic heterocycles. The van der Waals surface area contributed by atoms with E-state index in [0.29, 0.717) is 30.8 Å². The molecule has 2 bridgehead atoms. The van der Waals surface area contributed by atoms with E-state index in [-0.39, 0.29) is 23.4 Å². The smallest absolute Gasteiger partial charge is 0.366 e. The monoisotopic (exact) mass is 445 g/mol. The summed E-state index contributed by atoms with van der Waals surface area (Å²) >= 11 is 0. The number of carbonyl (C=O) groups excluding carboxylic acids is 2. The first-order chi connectivity index (χ1) is 15.2. The van der Waals surface area contributed by atoms with Gasteiger partial charge in [0, 0.05) is 19.3 Å². The number of nitriles is 1. The van der Waals surface area contributed by atoms with Crippen molar-refractivity contribution in [1.29, 1.82) is 5.26 Å². The first-order valence-electron chi connectivity index (χ1n) is 9.77. The van der Waals surface area contributed by atoms with Crippen molar-refractivity contribution >= 4 is 29.3 Å². The molecule has 0 spiro atoms. The van der Waals surface area contributed by atoms with Crippen LogP contribution in [0.2, 0.25) is 0 Å². The summed E-state index contributed by atoms with van der Waals surface area (Å²) in [5.41, 5.74) is 0.690. The van der Waals surface area contributed by atoms with Crippen LogP contribution >= 0.6 is 0 Å². The summed E-state index contributed by atoms with van der Waals surface area (Å²) in [5.74, 6) is -0.641. The molecule has 166 valence electrons. The van der Waals surface area contributed by atoms with Gasteiger partial charge in [-0.1, -0.05) is 0 Å². The van der Waals surface area contributed by atoms with Crippen LogP contribution in [0.3, 0.4) is 0 Å². The van der Waals surface area contributed by atoms with Gasteiger partial charge in [-0.05, 0) is 37.6 Å². The molecule has 2 aromatic heterocycles. The summed E-state index contributed by atoms with van der Waals surface area (Å²) in [6, 6.07) is 4.94. The van der Waals surface area contributed by atoms with E-state index >= 15 is 0 Å². The summed E-state index contributed by atoms with van der Waals surface area (Å²) in [6.45, 7) is 2.07. The zero-order valence-electron chi connectivity index (χ0n) is 16.8. The Hall–Kier alpha value is -3.88. The normalized spacial score (nSPS) is 17.9. The minimum atomic E-state index is -4.59. The molecule has 0 unspecified atom stereocenters. The summed E-state index contributed by atoms with van der Waals surface area (Å²) in [7, 11) is 0. The molecule has 32 heavy (non-hydrogen) atoms. The molecule has 2 N–H and O–H groups in total. The maximum atomic E-state index is 13.1. The third kappa shape index (κ3) is 4.01. The quantitative estimate of drug-likeness (QED) is 0.751. The Morgan fingerprint density at radius 2 is 2.09 bits per heavy atom. The number of amides is 3. The van der Waals surface area contributed by atoms with Crippen molar-refractivity contribution in [3.63, 3.8) is 0 Å². The van der Waals surface area contributed by atoms with E-state index in [1.165, 1.54) is 29.3 Å². The van der Waals surface area contributed by atoms with Crippen molar-refractivity contribution in [2.24, 2.45) is 0 Å². The van der Waals surface area contributed by atoms with Crippen molar-refractivity contribution in [1.82, 2.24) is 15.3 Å². The van der Waals surface area contributed by atoms with Crippen LogP contribution in [0.15, 0.2) is 30.5 Å². The fourth-order valence-electron chi connectivity index (χ4n) is 3.69.